The minimum Gasteiger partial charge on any atom is -0.388 e. The maximum Gasteiger partial charge on any atom is 0.0798 e. The Bertz CT molecular complexity index is 260. The molecule has 0 saturated carbocycles. The van der Waals surface area contributed by atoms with Crippen LogP contribution in [-0.2, 0) is 0 Å². The highest BCUT2D eigenvalue weighted by Crippen LogP contribution is 2.25. The highest BCUT2D eigenvalue weighted by molar-refractivity contribution is 14.1. The summed E-state index contributed by atoms with van der Waals surface area (Å²) in [4.78, 5) is 0. The van der Waals surface area contributed by atoms with Crippen LogP contribution >= 0.6 is 33.9 Å². The van der Waals surface area contributed by atoms with Gasteiger partial charge in [-0.3, -0.25) is 0 Å². The summed E-state index contributed by atoms with van der Waals surface area (Å²) < 4.78 is 1.25. The third kappa shape index (κ3) is 4.28. The molecular weight excluding hydrogens is 307 g/mol. The summed E-state index contributed by atoms with van der Waals surface area (Å²) in [6.45, 7) is 2.21. The number of hydrogen-bond donors (Lipinski definition) is 1. The maximum atomic E-state index is 9.84. The van der Waals surface area contributed by atoms with Gasteiger partial charge in [-0.25, -0.2) is 0 Å². The molecule has 0 aliphatic carbocycles. The van der Waals surface area contributed by atoms with Gasteiger partial charge >= 0.3 is 0 Å². The molecule has 1 N–H and O–H groups in total. The van der Waals surface area contributed by atoms with Crippen LogP contribution in [-0.4, -0.2) is 5.11 Å². The first kappa shape index (κ1) is 12.5. The molecule has 0 fully saturated rings. The van der Waals surface area contributed by atoms with E-state index in [-0.39, 0.29) is 6.10 Å². The second-order valence-electron chi connectivity index (χ2n) is 3.55. The third-order valence-electron chi connectivity index (χ3n) is 2.30. The number of unbranched alkanes of at least 4 members (excludes halogenated alkanes) is 3. The topological polar surface area (TPSA) is 20.2 Å². The van der Waals surface area contributed by atoms with E-state index in [1.807, 2.05) is 0 Å². The Kier molecular flexibility index (Phi) is 6.05. The summed E-state index contributed by atoms with van der Waals surface area (Å²) in [5.41, 5.74) is 1.09. The van der Waals surface area contributed by atoms with Crippen LogP contribution in [0.1, 0.15) is 50.7 Å². The first-order chi connectivity index (χ1) is 6.74. The molecular formula is C11H17IOS. The van der Waals surface area contributed by atoms with Crippen LogP contribution in [0.25, 0.3) is 0 Å². The summed E-state index contributed by atoms with van der Waals surface area (Å²) in [5.74, 6) is 0. The Morgan fingerprint density at radius 2 is 2.21 bits per heavy atom. The molecule has 1 rings (SSSR count). The minimum atomic E-state index is -0.244. The number of thiophene rings is 1. The molecule has 1 nitrogen and oxygen atoms in total. The largest absolute Gasteiger partial charge is 0.388 e. The molecule has 14 heavy (non-hydrogen) atoms. The van der Waals surface area contributed by atoms with E-state index in [0.29, 0.717) is 0 Å². The van der Waals surface area contributed by atoms with Crippen molar-refractivity contribution in [3.05, 3.63) is 19.9 Å². The molecule has 0 aromatic carbocycles. The lowest BCUT2D eigenvalue weighted by Gasteiger charge is -2.07. The summed E-state index contributed by atoms with van der Waals surface area (Å²) in [7, 11) is 0. The van der Waals surface area contributed by atoms with Crippen LogP contribution in [0.2, 0.25) is 0 Å². The smallest absolute Gasteiger partial charge is 0.0798 e. The normalized spacial score (nSPS) is 13.1. The molecule has 1 atom stereocenters. The van der Waals surface area contributed by atoms with Gasteiger partial charge in [0.05, 0.1) is 8.99 Å². The van der Waals surface area contributed by atoms with Crippen LogP contribution in [0.15, 0.2) is 11.4 Å². The van der Waals surface area contributed by atoms with Crippen molar-refractivity contribution >= 4 is 33.9 Å². The Hall–Kier alpha value is 0.390. The summed E-state index contributed by atoms with van der Waals surface area (Å²) in [6.07, 6.45) is 5.59. The van der Waals surface area contributed by atoms with E-state index in [1.165, 1.54) is 22.1 Å². The average molecular weight is 324 g/mol. The van der Waals surface area contributed by atoms with Crippen molar-refractivity contribution in [2.75, 3.05) is 0 Å². The van der Waals surface area contributed by atoms with Gasteiger partial charge in [-0.05, 0) is 46.0 Å². The van der Waals surface area contributed by atoms with Crippen LogP contribution in [0.4, 0.5) is 0 Å². The predicted octanol–water partition coefficient (Wildman–Crippen LogP) is 4.36. The summed E-state index contributed by atoms with van der Waals surface area (Å²) in [5, 5.41) is 11.9. The van der Waals surface area contributed by atoms with E-state index in [1.54, 1.807) is 11.3 Å². The molecule has 1 unspecified atom stereocenters. The molecule has 0 radical (unpaired) electrons. The standard InChI is InChI=1S/C11H17IOS/c1-2-3-4-5-6-10(13)9-7-11(12)14-8-9/h7-8,10,13H,2-6H2,1H3. The fourth-order valence-corrected chi connectivity index (χ4v) is 2.85. The van der Waals surface area contributed by atoms with E-state index < -0.39 is 0 Å². The van der Waals surface area contributed by atoms with Crippen LogP contribution in [0.5, 0.6) is 0 Å². The lowest BCUT2D eigenvalue weighted by atomic mass is 10.1. The van der Waals surface area contributed by atoms with Crippen molar-refractivity contribution in [1.82, 2.24) is 0 Å². The van der Waals surface area contributed by atoms with Crippen LogP contribution < -0.4 is 0 Å². The van der Waals surface area contributed by atoms with Gasteiger partial charge in [0.15, 0.2) is 0 Å². The van der Waals surface area contributed by atoms with E-state index in [4.69, 9.17) is 0 Å². The van der Waals surface area contributed by atoms with Crippen molar-refractivity contribution in [3.8, 4) is 0 Å². The number of hydrogen-bond acceptors (Lipinski definition) is 2. The maximum absolute atomic E-state index is 9.84. The minimum absolute atomic E-state index is 0.244. The number of halogens is 1. The molecule has 1 heterocycles. The van der Waals surface area contributed by atoms with E-state index >= 15 is 0 Å². The number of rotatable bonds is 6. The van der Waals surface area contributed by atoms with E-state index in [2.05, 4.69) is 41.0 Å². The predicted molar refractivity (Wildman–Crippen MR) is 70.8 cm³/mol. The molecule has 0 aliphatic rings. The molecule has 3 heteroatoms. The van der Waals surface area contributed by atoms with Crippen molar-refractivity contribution in [2.45, 2.75) is 45.1 Å². The van der Waals surface area contributed by atoms with Gasteiger partial charge in [0.2, 0.25) is 0 Å². The molecule has 0 bridgehead atoms. The van der Waals surface area contributed by atoms with Gasteiger partial charge in [0, 0.05) is 0 Å². The molecule has 1 aromatic rings. The second-order valence-corrected chi connectivity index (χ2v) is 6.35. The second kappa shape index (κ2) is 6.80. The van der Waals surface area contributed by atoms with Crippen LogP contribution in [0, 0.1) is 2.88 Å². The van der Waals surface area contributed by atoms with Crippen molar-refractivity contribution in [3.63, 3.8) is 0 Å². The lowest BCUT2D eigenvalue weighted by Crippen LogP contribution is -1.95. The van der Waals surface area contributed by atoms with Crippen LogP contribution in [0.3, 0.4) is 0 Å². The number of aliphatic hydroxyl groups excluding tert-OH is 1. The first-order valence-electron chi connectivity index (χ1n) is 5.16. The van der Waals surface area contributed by atoms with Crippen molar-refractivity contribution in [1.29, 1.82) is 0 Å². The summed E-state index contributed by atoms with van der Waals surface area (Å²) >= 11 is 4.00. The Morgan fingerprint density at radius 1 is 1.43 bits per heavy atom. The van der Waals surface area contributed by atoms with Gasteiger partial charge in [-0.1, -0.05) is 32.6 Å². The van der Waals surface area contributed by atoms with E-state index in [0.717, 1.165) is 18.4 Å². The quantitative estimate of drug-likeness (QED) is 0.609. The molecule has 0 spiro atoms. The van der Waals surface area contributed by atoms with E-state index in [9.17, 15) is 5.11 Å². The monoisotopic (exact) mass is 324 g/mol. The zero-order valence-electron chi connectivity index (χ0n) is 8.50. The molecule has 1 aromatic heterocycles. The zero-order valence-corrected chi connectivity index (χ0v) is 11.5. The summed E-state index contributed by atoms with van der Waals surface area (Å²) in [6, 6.07) is 2.08. The van der Waals surface area contributed by atoms with Gasteiger partial charge in [0.25, 0.3) is 0 Å². The van der Waals surface area contributed by atoms with Gasteiger partial charge in [-0.15, -0.1) is 11.3 Å². The highest BCUT2D eigenvalue weighted by atomic mass is 127. The Balaban J connectivity index is 2.25. The Morgan fingerprint density at radius 3 is 2.79 bits per heavy atom. The SMILES string of the molecule is CCCCCCC(O)c1csc(I)c1. The molecule has 80 valence electrons. The van der Waals surface area contributed by atoms with Crippen molar-refractivity contribution in [2.24, 2.45) is 0 Å². The molecule has 0 aliphatic heterocycles. The Labute approximate surface area is 104 Å². The van der Waals surface area contributed by atoms with Gasteiger partial charge in [-0.2, -0.15) is 0 Å². The lowest BCUT2D eigenvalue weighted by molar-refractivity contribution is 0.164. The zero-order chi connectivity index (χ0) is 10.4. The first-order valence-corrected chi connectivity index (χ1v) is 7.12. The molecule has 0 amide bonds. The van der Waals surface area contributed by atoms with Gasteiger partial charge in [0.1, 0.15) is 0 Å². The third-order valence-corrected chi connectivity index (χ3v) is 4.11. The average Bonchev–Trinajstić information content (AvgIpc) is 2.59. The highest BCUT2D eigenvalue weighted by Gasteiger charge is 2.08. The molecule has 0 saturated heterocycles. The fraction of sp³-hybridized carbons (Fsp3) is 0.636. The van der Waals surface area contributed by atoms with Gasteiger partial charge < -0.3 is 5.11 Å². The number of aliphatic hydroxyl groups is 1. The van der Waals surface area contributed by atoms with Crippen molar-refractivity contribution < 1.29 is 5.11 Å². The fourth-order valence-electron chi connectivity index (χ4n) is 1.43.